The van der Waals surface area contributed by atoms with E-state index in [1.807, 2.05) is 6.92 Å². The van der Waals surface area contributed by atoms with Crippen molar-refractivity contribution < 1.29 is 9.53 Å². The number of esters is 1. The summed E-state index contributed by atoms with van der Waals surface area (Å²) in [5.74, 6) is 0.603. The molecule has 0 aliphatic heterocycles. The molecule has 2 N–H and O–H groups in total. The van der Waals surface area contributed by atoms with Gasteiger partial charge in [0.15, 0.2) is 0 Å². The van der Waals surface area contributed by atoms with Crippen molar-refractivity contribution in [1.82, 2.24) is 0 Å². The van der Waals surface area contributed by atoms with E-state index in [1.165, 1.54) is 25.7 Å². The van der Waals surface area contributed by atoms with Gasteiger partial charge in [-0.15, -0.1) is 0 Å². The summed E-state index contributed by atoms with van der Waals surface area (Å²) >= 11 is 0. The van der Waals surface area contributed by atoms with Crippen LogP contribution in [0.1, 0.15) is 58.8 Å². The van der Waals surface area contributed by atoms with Gasteiger partial charge in [0, 0.05) is 6.54 Å². The highest BCUT2D eigenvalue weighted by Gasteiger charge is 2.40. The number of nitrogens with two attached hydrogens (primary N) is 1. The number of hydrogen-bond acceptors (Lipinski definition) is 3. The summed E-state index contributed by atoms with van der Waals surface area (Å²) in [4.78, 5) is 12.2. The first kappa shape index (κ1) is 14.5. The molecule has 1 saturated carbocycles. The summed E-state index contributed by atoms with van der Waals surface area (Å²) in [5.41, 5.74) is 5.49. The maximum atomic E-state index is 12.2. The number of rotatable bonds is 7. The van der Waals surface area contributed by atoms with Crippen LogP contribution >= 0.6 is 0 Å². The molecule has 0 amide bonds. The van der Waals surface area contributed by atoms with Crippen molar-refractivity contribution in [1.29, 1.82) is 0 Å². The molecule has 0 bridgehead atoms. The standard InChI is InChI=1S/C14H27NO2/c1-3-9-14(11-15,13(16)17-4-2)10-12-7-5-6-8-12/h12H,3-11,15H2,1-2H3. The summed E-state index contributed by atoms with van der Waals surface area (Å²) in [5, 5.41) is 0. The van der Waals surface area contributed by atoms with Gasteiger partial charge in [0.1, 0.15) is 0 Å². The monoisotopic (exact) mass is 241 g/mol. The Morgan fingerprint density at radius 3 is 2.47 bits per heavy atom. The Morgan fingerprint density at radius 2 is 2.00 bits per heavy atom. The number of hydrogen-bond donors (Lipinski definition) is 1. The first-order chi connectivity index (χ1) is 8.18. The van der Waals surface area contributed by atoms with E-state index in [2.05, 4.69) is 6.92 Å². The molecular weight excluding hydrogens is 214 g/mol. The van der Waals surface area contributed by atoms with Crippen LogP contribution in [0, 0.1) is 11.3 Å². The second-order valence-corrected chi connectivity index (χ2v) is 5.31. The van der Waals surface area contributed by atoms with Gasteiger partial charge in [-0.25, -0.2) is 0 Å². The molecule has 1 aliphatic rings. The number of carbonyl (C=O) groups is 1. The highest BCUT2D eigenvalue weighted by molar-refractivity contribution is 5.77. The van der Waals surface area contributed by atoms with Gasteiger partial charge in [-0.3, -0.25) is 4.79 Å². The fourth-order valence-electron chi connectivity index (χ4n) is 3.09. The van der Waals surface area contributed by atoms with Crippen molar-refractivity contribution in [3.8, 4) is 0 Å². The molecular formula is C14H27NO2. The zero-order valence-electron chi connectivity index (χ0n) is 11.3. The van der Waals surface area contributed by atoms with Crippen LogP contribution in [0.2, 0.25) is 0 Å². The number of ether oxygens (including phenoxy) is 1. The largest absolute Gasteiger partial charge is 0.466 e. The quantitative estimate of drug-likeness (QED) is 0.697. The molecule has 0 aromatic carbocycles. The summed E-state index contributed by atoms with van der Waals surface area (Å²) in [6.45, 7) is 4.85. The van der Waals surface area contributed by atoms with E-state index < -0.39 is 5.41 Å². The van der Waals surface area contributed by atoms with Gasteiger partial charge >= 0.3 is 5.97 Å². The first-order valence-corrected chi connectivity index (χ1v) is 7.05. The van der Waals surface area contributed by atoms with Crippen LogP contribution in [0.3, 0.4) is 0 Å². The third-order valence-corrected chi connectivity index (χ3v) is 3.98. The molecule has 17 heavy (non-hydrogen) atoms. The lowest BCUT2D eigenvalue weighted by atomic mass is 9.75. The van der Waals surface area contributed by atoms with Crippen LogP contribution in [-0.4, -0.2) is 19.1 Å². The van der Waals surface area contributed by atoms with E-state index in [-0.39, 0.29) is 5.97 Å². The van der Waals surface area contributed by atoms with Crippen LogP contribution in [-0.2, 0) is 9.53 Å². The lowest BCUT2D eigenvalue weighted by molar-refractivity contribution is -0.156. The summed E-state index contributed by atoms with van der Waals surface area (Å²) in [7, 11) is 0. The second-order valence-electron chi connectivity index (χ2n) is 5.31. The zero-order chi connectivity index (χ0) is 12.7. The Kier molecular flexibility index (Phi) is 5.96. The molecule has 3 heteroatoms. The minimum Gasteiger partial charge on any atom is -0.466 e. The van der Waals surface area contributed by atoms with Gasteiger partial charge in [-0.05, 0) is 25.7 Å². The van der Waals surface area contributed by atoms with E-state index in [4.69, 9.17) is 10.5 Å². The average Bonchev–Trinajstić information content (AvgIpc) is 2.81. The third kappa shape index (κ3) is 3.70. The van der Waals surface area contributed by atoms with Crippen molar-refractivity contribution in [2.24, 2.45) is 17.1 Å². The fourth-order valence-corrected chi connectivity index (χ4v) is 3.09. The molecule has 1 atom stereocenters. The van der Waals surface area contributed by atoms with E-state index >= 15 is 0 Å². The third-order valence-electron chi connectivity index (χ3n) is 3.98. The lowest BCUT2D eigenvalue weighted by Crippen LogP contribution is -2.41. The highest BCUT2D eigenvalue weighted by Crippen LogP contribution is 2.39. The fraction of sp³-hybridized carbons (Fsp3) is 0.929. The number of carbonyl (C=O) groups excluding carboxylic acids is 1. The molecule has 1 unspecified atom stereocenters. The molecule has 0 saturated heterocycles. The Labute approximate surface area is 105 Å². The first-order valence-electron chi connectivity index (χ1n) is 7.05. The Hall–Kier alpha value is -0.570. The Bertz CT molecular complexity index is 236. The highest BCUT2D eigenvalue weighted by atomic mass is 16.5. The molecule has 0 aromatic heterocycles. The van der Waals surface area contributed by atoms with Gasteiger partial charge in [-0.1, -0.05) is 39.0 Å². The average molecular weight is 241 g/mol. The van der Waals surface area contributed by atoms with Crippen LogP contribution in [0.25, 0.3) is 0 Å². The van der Waals surface area contributed by atoms with Crippen molar-refractivity contribution in [2.75, 3.05) is 13.2 Å². The molecule has 0 heterocycles. The minimum absolute atomic E-state index is 0.0729. The lowest BCUT2D eigenvalue weighted by Gasteiger charge is -2.32. The van der Waals surface area contributed by atoms with Crippen molar-refractivity contribution in [3.05, 3.63) is 0 Å². The topological polar surface area (TPSA) is 52.3 Å². The van der Waals surface area contributed by atoms with Crippen molar-refractivity contribution in [3.63, 3.8) is 0 Å². The molecule has 1 rings (SSSR count). The Morgan fingerprint density at radius 1 is 1.35 bits per heavy atom. The van der Waals surface area contributed by atoms with Gasteiger partial charge < -0.3 is 10.5 Å². The second kappa shape index (κ2) is 7.00. The maximum absolute atomic E-state index is 12.2. The molecule has 1 aliphatic carbocycles. The van der Waals surface area contributed by atoms with E-state index in [9.17, 15) is 4.79 Å². The van der Waals surface area contributed by atoms with Crippen molar-refractivity contribution >= 4 is 5.97 Å². The molecule has 100 valence electrons. The predicted molar refractivity (Wildman–Crippen MR) is 69.6 cm³/mol. The van der Waals surface area contributed by atoms with E-state index in [0.29, 0.717) is 19.1 Å². The maximum Gasteiger partial charge on any atom is 0.313 e. The predicted octanol–water partition coefficient (Wildman–Crippen LogP) is 2.88. The van der Waals surface area contributed by atoms with Gasteiger partial charge in [-0.2, -0.15) is 0 Å². The molecule has 1 fully saturated rings. The van der Waals surface area contributed by atoms with Crippen LogP contribution in [0.15, 0.2) is 0 Å². The smallest absolute Gasteiger partial charge is 0.313 e. The minimum atomic E-state index is -0.417. The van der Waals surface area contributed by atoms with Crippen LogP contribution < -0.4 is 5.73 Å². The van der Waals surface area contributed by atoms with E-state index in [1.54, 1.807) is 0 Å². The summed E-state index contributed by atoms with van der Waals surface area (Å²) in [6, 6.07) is 0. The summed E-state index contributed by atoms with van der Waals surface area (Å²) in [6.07, 6.45) is 7.90. The van der Waals surface area contributed by atoms with Gasteiger partial charge in [0.05, 0.1) is 12.0 Å². The molecule has 0 aromatic rings. The normalized spacial score (nSPS) is 20.2. The molecule has 3 nitrogen and oxygen atoms in total. The van der Waals surface area contributed by atoms with Gasteiger partial charge in [0.2, 0.25) is 0 Å². The SMILES string of the molecule is CCCC(CN)(CC1CCCC1)C(=O)OCC. The van der Waals surface area contributed by atoms with Crippen LogP contribution in [0.4, 0.5) is 0 Å². The zero-order valence-corrected chi connectivity index (χ0v) is 11.3. The van der Waals surface area contributed by atoms with Crippen molar-refractivity contribution in [2.45, 2.75) is 58.8 Å². The van der Waals surface area contributed by atoms with Crippen LogP contribution in [0.5, 0.6) is 0 Å². The van der Waals surface area contributed by atoms with Gasteiger partial charge in [0.25, 0.3) is 0 Å². The van der Waals surface area contributed by atoms with E-state index in [0.717, 1.165) is 19.3 Å². The molecule has 0 radical (unpaired) electrons. The molecule has 0 spiro atoms. The summed E-state index contributed by atoms with van der Waals surface area (Å²) < 4.78 is 5.24. The Balaban J connectivity index is 2.70.